The normalized spacial score (nSPS) is 10.1. The van der Waals surface area contributed by atoms with E-state index < -0.39 is 12.1 Å². The first kappa shape index (κ1) is 48.0. The largest absolute Gasteiger partial charge is 0.466 e. The van der Waals surface area contributed by atoms with Crippen molar-refractivity contribution in [2.45, 2.75) is 145 Å². The van der Waals surface area contributed by atoms with Gasteiger partial charge in [-0.2, -0.15) is 0 Å². The third-order valence-corrected chi connectivity index (χ3v) is 4.68. The molecule has 0 saturated carbocycles. The molecule has 0 radical (unpaired) electrons. The molecular formula is C31H66O9. The van der Waals surface area contributed by atoms with Crippen molar-refractivity contribution in [3.63, 3.8) is 0 Å². The predicted molar refractivity (Wildman–Crippen MR) is 163 cm³/mol. The van der Waals surface area contributed by atoms with E-state index >= 15 is 0 Å². The lowest BCUT2D eigenvalue weighted by atomic mass is 10.2. The zero-order chi connectivity index (χ0) is 32.0. The van der Waals surface area contributed by atoms with E-state index in [0.29, 0.717) is 51.8 Å². The smallest absolute Gasteiger partial charge is 0.334 e. The summed E-state index contributed by atoms with van der Waals surface area (Å²) in [6.07, 6.45) is 11.0. The molecule has 1 atom stereocenters. The Morgan fingerprint density at radius 3 is 1.27 bits per heavy atom. The molecule has 0 bridgehead atoms. The van der Waals surface area contributed by atoms with E-state index in [1.54, 1.807) is 6.92 Å². The van der Waals surface area contributed by atoms with Crippen molar-refractivity contribution in [2.24, 2.45) is 5.92 Å². The molecule has 0 fully saturated rings. The molecule has 3 N–H and O–H groups in total. The van der Waals surface area contributed by atoms with E-state index in [4.69, 9.17) is 24.8 Å². The second kappa shape index (κ2) is 44.3. The maximum Gasteiger partial charge on any atom is 0.334 e. The Hall–Kier alpha value is -1.71. The van der Waals surface area contributed by atoms with E-state index in [1.807, 2.05) is 13.8 Å². The average Bonchev–Trinajstić information content (AvgIpc) is 2.90. The molecular weight excluding hydrogens is 516 g/mol. The summed E-state index contributed by atoms with van der Waals surface area (Å²) in [6.45, 7) is 19.3. The highest BCUT2D eigenvalue weighted by Crippen LogP contribution is 2.00. The number of carbonyl (C=O) groups excluding carboxylic acids is 3. The quantitative estimate of drug-likeness (QED) is 0.101. The summed E-state index contributed by atoms with van der Waals surface area (Å²) < 4.78 is 13.9. The Bertz CT molecular complexity index is 491. The maximum absolute atomic E-state index is 10.7. The van der Waals surface area contributed by atoms with Crippen LogP contribution in [0.1, 0.15) is 139 Å². The fourth-order valence-electron chi connectivity index (χ4n) is 2.37. The van der Waals surface area contributed by atoms with Gasteiger partial charge >= 0.3 is 17.9 Å². The van der Waals surface area contributed by atoms with Gasteiger partial charge in [-0.05, 0) is 59.3 Å². The average molecular weight is 583 g/mol. The summed E-state index contributed by atoms with van der Waals surface area (Å²) in [5, 5.41) is 25.0. The van der Waals surface area contributed by atoms with Crippen molar-refractivity contribution in [1.82, 2.24) is 0 Å². The fourth-order valence-corrected chi connectivity index (χ4v) is 2.37. The Kier molecular flexibility index (Phi) is 53.2. The maximum atomic E-state index is 10.7. The summed E-state index contributed by atoms with van der Waals surface area (Å²) in [5.41, 5.74) is 0. The van der Waals surface area contributed by atoms with Crippen molar-refractivity contribution in [3.8, 4) is 0 Å². The van der Waals surface area contributed by atoms with Crippen LogP contribution in [0, 0.1) is 5.92 Å². The molecule has 0 aliphatic rings. The van der Waals surface area contributed by atoms with E-state index in [9.17, 15) is 14.4 Å². The lowest BCUT2D eigenvalue weighted by Gasteiger charge is -2.01. The van der Waals surface area contributed by atoms with Crippen LogP contribution in [0.5, 0.6) is 0 Å². The summed E-state index contributed by atoms with van der Waals surface area (Å²) >= 11 is 0. The van der Waals surface area contributed by atoms with Crippen LogP contribution in [0.25, 0.3) is 0 Å². The number of aliphatic hydroxyl groups excluding tert-OH is 3. The Labute approximate surface area is 246 Å². The van der Waals surface area contributed by atoms with E-state index in [0.717, 1.165) is 44.9 Å². The molecule has 0 spiro atoms. The van der Waals surface area contributed by atoms with Crippen LogP contribution in [0.15, 0.2) is 0 Å². The molecule has 0 rings (SSSR count). The molecule has 40 heavy (non-hydrogen) atoms. The highest BCUT2D eigenvalue weighted by molar-refractivity contribution is 5.73. The molecule has 9 nitrogen and oxygen atoms in total. The number of unbranched alkanes of at least 4 members (excludes halogenated alkanes) is 6. The standard InChI is InChI=1S/C8H16O2.C7H14O2.C6H14O.C5H10O3.C5H12O/c1-3-5-6-7-8(9)10-4-2;1-3-5-6-7(8)9-4-2;1-2-3-4-5-6-7;1-3-8-5(7)4(2)6;1-5(2)3-4-6/h3-7H2,1-2H3;3-6H2,1-2H3;7H,2-6H2,1H3;4,6H,3H2,1-2H3;5-6H,3-4H2,1-2H3. The summed E-state index contributed by atoms with van der Waals surface area (Å²) in [6, 6.07) is 0. The lowest BCUT2D eigenvalue weighted by molar-refractivity contribution is -0.152. The number of rotatable bonds is 17. The molecule has 9 heteroatoms. The number of carbonyl (C=O) groups is 3. The topological polar surface area (TPSA) is 140 Å². The first-order valence-corrected chi connectivity index (χ1v) is 15.4. The molecule has 244 valence electrons. The number of ether oxygens (including phenoxy) is 3. The van der Waals surface area contributed by atoms with Crippen molar-refractivity contribution in [2.75, 3.05) is 33.0 Å². The molecule has 0 saturated heterocycles. The van der Waals surface area contributed by atoms with Gasteiger partial charge in [-0.25, -0.2) is 4.79 Å². The van der Waals surface area contributed by atoms with E-state index in [1.165, 1.54) is 26.2 Å². The second-order valence-corrected chi connectivity index (χ2v) is 9.29. The fraction of sp³-hybridized carbons (Fsp3) is 0.903. The zero-order valence-corrected chi connectivity index (χ0v) is 27.5. The van der Waals surface area contributed by atoms with Gasteiger partial charge < -0.3 is 29.5 Å². The molecule has 0 heterocycles. The number of hydrogen-bond donors (Lipinski definition) is 3. The molecule has 1 unspecified atom stereocenters. The van der Waals surface area contributed by atoms with Crippen LogP contribution >= 0.6 is 0 Å². The number of aliphatic hydroxyl groups is 3. The summed E-state index contributed by atoms with van der Waals surface area (Å²) in [5.74, 6) is -0.0437. The minimum Gasteiger partial charge on any atom is -0.466 e. The number of hydrogen-bond acceptors (Lipinski definition) is 9. The molecule has 0 aromatic carbocycles. The highest BCUT2D eigenvalue weighted by atomic mass is 16.5. The molecule has 0 aromatic heterocycles. The van der Waals surface area contributed by atoms with E-state index in [2.05, 4.69) is 39.4 Å². The Morgan fingerprint density at radius 2 is 1.00 bits per heavy atom. The van der Waals surface area contributed by atoms with Gasteiger partial charge in [0.15, 0.2) is 0 Å². The highest BCUT2D eigenvalue weighted by Gasteiger charge is 2.07. The minimum atomic E-state index is -0.991. The van der Waals surface area contributed by atoms with Crippen molar-refractivity contribution in [1.29, 1.82) is 0 Å². The van der Waals surface area contributed by atoms with Crippen LogP contribution < -0.4 is 0 Å². The van der Waals surface area contributed by atoms with Gasteiger partial charge in [0.25, 0.3) is 0 Å². The van der Waals surface area contributed by atoms with Gasteiger partial charge in [0.1, 0.15) is 6.10 Å². The van der Waals surface area contributed by atoms with Crippen molar-refractivity contribution >= 4 is 17.9 Å². The SMILES string of the molecule is CC(C)CCO.CCCCC(=O)OCC.CCCCCC(=O)OCC.CCCCCCO.CCOC(=O)C(C)O. The van der Waals surface area contributed by atoms with Crippen LogP contribution in [0.2, 0.25) is 0 Å². The first-order chi connectivity index (χ1) is 19.0. The lowest BCUT2D eigenvalue weighted by Crippen LogP contribution is -2.18. The van der Waals surface area contributed by atoms with Crippen LogP contribution in [-0.4, -0.2) is 72.4 Å². The van der Waals surface area contributed by atoms with Crippen molar-refractivity contribution in [3.05, 3.63) is 0 Å². The third-order valence-electron chi connectivity index (χ3n) is 4.68. The van der Waals surface area contributed by atoms with Gasteiger partial charge in [-0.3, -0.25) is 9.59 Å². The second-order valence-electron chi connectivity index (χ2n) is 9.29. The summed E-state index contributed by atoms with van der Waals surface area (Å²) in [4.78, 5) is 31.5. The predicted octanol–water partition coefficient (Wildman–Crippen LogP) is 6.38. The Balaban J connectivity index is -0.000000129. The molecule has 0 aromatic rings. The minimum absolute atomic E-state index is 0.0593. The van der Waals surface area contributed by atoms with Gasteiger partial charge in [0.2, 0.25) is 0 Å². The van der Waals surface area contributed by atoms with Crippen molar-refractivity contribution < 1.29 is 43.9 Å². The Morgan fingerprint density at radius 1 is 0.575 bits per heavy atom. The van der Waals surface area contributed by atoms with Gasteiger partial charge in [0.05, 0.1) is 19.8 Å². The third kappa shape index (κ3) is 60.7. The van der Waals surface area contributed by atoms with Crippen LogP contribution in [-0.2, 0) is 28.6 Å². The molecule has 0 amide bonds. The summed E-state index contributed by atoms with van der Waals surface area (Å²) in [7, 11) is 0. The van der Waals surface area contributed by atoms with E-state index in [-0.39, 0.29) is 11.9 Å². The van der Waals surface area contributed by atoms with Gasteiger partial charge in [-0.15, -0.1) is 0 Å². The zero-order valence-electron chi connectivity index (χ0n) is 27.5. The first-order valence-electron chi connectivity index (χ1n) is 15.4. The van der Waals surface area contributed by atoms with Gasteiger partial charge in [-0.1, -0.05) is 73.1 Å². The molecule has 0 aliphatic heterocycles. The monoisotopic (exact) mass is 582 g/mol. The van der Waals surface area contributed by atoms with Crippen LogP contribution in [0.4, 0.5) is 0 Å². The van der Waals surface area contributed by atoms with Gasteiger partial charge in [0, 0.05) is 26.1 Å². The number of esters is 3. The van der Waals surface area contributed by atoms with Crippen LogP contribution in [0.3, 0.4) is 0 Å². The molecule has 0 aliphatic carbocycles.